The molecule has 3 aromatic rings. The highest BCUT2D eigenvalue weighted by molar-refractivity contribution is 5.66. The summed E-state index contributed by atoms with van der Waals surface area (Å²) >= 11 is 0. The van der Waals surface area contributed by atoms with Crippen LogP contribution in [-0.4, -0.2) is 33.1 Å². The molecule has 0 amide bonds. The third kappa shape index (κ3) is 3.64. The molecule has 15 heteroatoms. The van der Waals surface area contributed by atoms with Gasteiger partial charge in [0.05, 0.1) is 11.3 Å². The summed E-state index contributed by atoms with van der Waals surface area (Å²) in [5.74, 6) is -3.02. The van der Waals surface area contributed by atoms with Crippen molar-refractivity contribution in [1.82, 2.24) is 20.0 Å². The summed E-state index contributed by atoms with van der Waals surface area (Å²) in [5, 5.41) is 16.5. The molecule has 0 fully saturated rings. The first kappa shape index (κ1) is 18.9. The van der Waals surface area contributed by atoms with Crippen LogP contribution in [0.3, 0.4) is 0 Å². The molecule has 3 rings (SSSR count). The molecule has 1 N–H and O–H groups in total. The van der Waals surface area contributed by atoms with Gasteiger partial charge in [-0.3, -0.25) is 4.52 Å². The number of alkyl halides is 3. The lowest BCUT2D eigenvalue weighted by Gasteiger charge is -2.10. The first-order chi connectivity index (χ1) is 13.3. The van der Waals surface area contributed by atoms with Crippen molar-refractivity contribution in [2.45, 2.75) is 6.18 Å². The first-order valence-corrected chi connectivity index (χ1v) is 7.36. The lowest BCUT2D eigenvalue weighted by atomic mass is 10.1. The fraction of sp³-hybridized carbons (Fsp3) is 0.231. The minimum Gasteiger partial charge on any atom is -0.365 e. The summed E-state index contributed by atoms with van der Waals surface area (Å²) in [6.07, 6.45) is -4.98. The lowest BCUT2D eigenvalue weighted by Crippen LogP contribution is -2.16. The molecule has 0 saturated carbocycles. The summed E-state index contributed by atoms with van der Waals surface area (Å²) in [5.41, 5.74) is 6.14. The van der Waals surface area contributed by atoms with E-state index in [-0.39, 0.29) is 36.1 Å². The summed E-state index contributed by atoms with van der Waals surface area (Å²) in [4.78, 5) is 14.6. The molecule has 0 radical (unpaired) electrons. The van der Waals surface area contributed by atoms with Crippen molar-refractivity contribution in [3.63, 3.8) is 0 Å². The van der Waals surface area contributed by atoms with Gasteiger partial charge < -0.3 is 5.32 Å². The number of hydrogen-bond acceptors (Lipinski definition) is 8. The highest BCUT2D eigenvalue weighted by atomic mass is 19.4. The van der Waals surface area contributed by atoms with Crippen LogP contribution < -0.4 is 11.1 Å². The van der Waals surface area contributed by atoms with Crippen molar-refractivity contribution in [3.05, 3.63) is 50.6 Å². The minimum absolute atomic E-state index is 0.0339. The van der Waals surface area contributed by atoms with Crippen molar-refractivity contribution in [2.24, 2.45) is 5.11 Å². The van der Waals surface area contributed by atoms with Gasteiger partial charge in [-0.1, -0.05) is 10.3 Å². The molecule has 0 spiro atoms. The Bertz CT molecular complexity index is 1100. The van der Waals surface area contributed by atoms with Gasteiger partial charge in [0.2, 0.25) is 11.6 Å². The first-order valence-electron chi connectivity index (χ1n) is 7.36. The van der Waals surface area contributed by atoms with Crippen LogP contribution in [0.1, 0.15) is 5.56 Å². The van der Waals surface area contributed by atoms with Gasteiger partial charge in [-0.05, 0) is 34.0 Å². The maximum Gasteiger partial charge on any atom is 0.446 e. The predicted octanol–water partition coefficient (Wildman–Crippen LogP) is 2.76. The van der Waals surface area contributed by atoms with Gasteiger partial charge in [-0.2, -0.15) is 13.2 Å². The van der Waals surface area contributed by atoms with E-state index in [1.807, 2.05) is 0 Å². The van der Waals surface area contributed by atoms with Crippen LogP contribution in [0, 0.1) is 5.82 Å². The molecule has 0 aliphatic heterocycles. The van der Waals surface area contributed by atoms with E-state index in [1.54, 1.807) is 0 Å². The number of nitrogens with one attached hydrogen (secondary N) is 1. The van der Waals surface area contributed by atoms with Crippen molar-refractivity contribution >= 4 is 5.82 Å². The lowest BCUT2D eigenvalue weighted by molar-refractivity contribution is -0.140. The number of rotatable bonds is 6. The monoisotopic (exact) mass is 400 g/mol. The Hall–Kier alpha value is -3.87. The number of azide groups is 1. The summed E-state index contributed by atoms with van der Waals surface area (Å²) < 4.78 is 62.1. The zero-order valence-electron chi connectivity index (χ0n) is 13.5. The van der Waals surface area contributed by atoms with Gasteiger partial charge in [0.15, 0.2) is 5.69 Å². The molecule has 0 aliphatic carbocycles. The van der Waals surface area contributed by atoms with Gasteiger partial charge in [0, 0.05) is 18.0 Å². The summed E-state index contributed by atoms with van der Waals surface area (Å²) in [6.45, 7) is 0.156. The Morgan fingerprint density at radius 2 is 2.07 bits per heavy atom. The highest BCUT2D eigenvalue weighted by Crippen LogP contribution is 2.33. The maximum atomic E-state index is 13.5. The smallest absolute Gasteiger partial charge is 0.365 e. The van der Waals surface area contributed by atoms with E-state index in [1.165, 1.54) is 0 Å². The van der Waals surface area contributed by atoms with Gasteiger partial charge in [-0.15, -0.1) is 0 Å². The number of aromatic nitrogens is 4. The minimum atomic E-state index is -4.98. The van der Waals surface area contributed by atoms with E-state index in [0.29, 0.717) is 16.7 Å². The molecule has 1 aromatic carbocycles. The average Bonchev–Trinajstić information content (AvgIpc) is 3.24. The van der Waals surface area contributed by atoms with Crippen LogP contribution in [-0.2, 0) is 6.18 Å². The molecule has 146 valence electrons. The fourth-order valence-corrected chi connectivity index (χ4v) is 2.22. The van der Waals surface area contributed by atoms with E-state index in [9.17, 15) is 22.4 Å². The second kappa shape index (κ2) is 7.40. The van der Waals surface area contributed by atoms with Crippen LogP contribution in [0.5, 0.6) is 0 Å². The van der Waals surface area contributed by atoms with Crippen molar-refractivity contribution in [3.8, 4) is 17.2 Å². The van der Waals surface area contributed by atoms with Crippen molar-refractivity contribution in [2.75, 3.05) is 18.4 Å². The third-order valence-corrected chi connectivity index (χ3v) is 3.39. The van der Waals surface area contributed by atoms with E-state index < -0.39 is 23.3 Å². The van der Waals surface area contributed by atoms with Crippen molar-refractivity contribution < 1.29 is 26.7 Å². The van der Waals surface area contributed by atoms with E-state index in [4.69, 9.17) is 5.53 Å². The van der Waals surface area contributed by atoms with Crippen LogP contribution in [0.4, 0.5) is 23.4 Å². The second-order valence-electron chi connectivity index (χ2n) is 5.11. The quantitative estimate of drug-likeness (QED) is 0.220. The molecule has 0 atom stereocenters. The van der Waals surface area contributed by atoms with Gasteiger partial charge in [-0.25, -0.2) is 18.4 Å². The van der Waals surface area contributed by atoms with Gasteiger partial charge in [0.25, 0.3) is 0 Å². The Labute approximate surface area is 151 Å². The third-order valence-electron chi connectivity index (χ3n) is 3.39. The Morgan fingerprint density at radius 1 is 1.29 bits per heavy atom. The number of halogens is 4. The highest BCUT2D eigenvalue weighted by Gasteiger charge is 2.35. The molecule has 28 heavy (non-hydrogen) atoms. The summed E-state index contributed by atoms with van der Waals surface area (Å²) in [7, 11) is 0. The molecular formula is C13H8F4N8O3. The fourth-order valence-electron chi connectivity index (χ4n) is 2.22. The molecule has 0 bridgehead atoms. The largest absolute Gasteiger partial charge is 0.446 e. The molecule has 2 heterocycles. The number of anilines is 1. The Balaban J connectivity index is 2.05. The van der Waals surface area contributed by atoms with Crippen LogP contribution in [0.2, 0.25) is 0 Å². The molecule has 0 saturated heterocycles. The Kier molecular flexibility index (Phi) is 5.00. The number of hydrogen-bond donors (Lipinski definition) is 1. The van der Waals surface area contributed by atoms with Crippen molar-refractivity contribution in [1.29, 1.82) is 0 Å². The van der Waals surface area contributed by atoms with Crippen LogP contribution >= 0.6 is 0 Å². The molecule has 0 unspecified atom stereocenters. The van der Waals surface area contributed by atoms with Gasteiger partial charge >= 0.3 is 11.9 Å². The topological polar surface area (TPSA) is 148 Å². The number of nitrogens with zero attached hydrogens (tertiary/aromatic N) is 7. The normalized spacial score (nSPS) is 11.3. The molecule has 11 nitrogen and oxygen atoms in total. The van der Waals surface area contributed by atoms with Gasteiger partial charge in [0.1, 0.15) is 5.82 Å². The Morgan fingerprint density at radius 3 is 2.79 bits per heavy atom. The summed E-state index contributed by atoms with van der Waals surface area (Å²) in [6, 6.07) is 1.93. The predicted molar refractivity (Wildman–Crippen MR) is 82.9 cm³/mol. The maximum absolute atomic E-state index is 13.5. The second-order valence-corrected chi connectivity index (χ2v) is 5.11. The van der Waals surface area contributed by atoms with E-state index >= 15 is 0 Å². The zero-order chi connectivity index (χ0) is 20.3. The molecule has 0 aliphatic rings. The molecular weight excluding hydrogens is 392 g/mol. The SMILES string of the molecule is [N-]=[N+]=NCCNc1nonc1-c1noc(=O)n1-c1ccc(F)c(C(F)(F)F)c1. The zero-order valence-corrected chi connectivity index (χ0v) is 13.5. The van der Waals surface area contributed by atoms with Crippen LogP contribution in [0.15, 0.2) is 37.3 Å². The molecule has 2 aromatic heterocycles. The average molecular weight is 400 g/mol. The van der Waals surface area contributed by atoms with Crippen LogP contribution in [0.25, 0.3) is 27.6 Å². The number of benzene rings is 1. The van der Waals surface area contributed by atoms with E-state index in [2.05, 4.69) is 40.0 Å². The standard InChI is InChI=1S/C13H8F4N8O3/c14-8-2-1-6(5-7(8)13(15,16)17)25-11(23-27-12(25)26)9-10(22-28-21-9)19-3-4-20-24-18/h1-2,5H,3-4H2,(H,19,22). The van der Waals surface area contributed by atoms with E-state index in [0.717, 1.165) is 6.07 Å².